The SMILES string of the molecule is Cl.Nc1ccc2c(c1)ncn2-c1ccc(NC(=O)Nc2ccc(Cl)c(C(F)(F)F)c2)cc1. The fourth-order valence-electron chi connectivity index (χ4n) is 3.05. The van der Waals surface area contributed by atoms with E-state index < -0.39 is 22.8 Å². The fourth-order valence-corrected chi connectivity index (χ4v) is 3.28. The molecule has 0 bridgehead atoms. The summed E-state index contributed by atoms with van der Waals surface area (Å²) in [5.41, 5.74) is 8.23. The van der Waals surface area contributed by atoms with Crippen LogP contribution in [0.15, 0.2) is 67.0 Å². The number of urea groups is 1. The lowest BCUT2D eigenvalue weighted by Crippen LogP contribution is -2.20. The highest BCUT2D eigenvalue weighted by Gasteiger charge is 2.33. The topological polar surface area (TPSA) is 85.0 Å². The molecular formula is C21H16Cl2F3N5O. The molecule has 1 heterocycles. The van der Waals surface area contributed by atoms with Gasteiger partial charge in [-0.05, 0) is 60.7 Å². The van der Waals surface area contributed by atoms with Crippen molar-refractivity contribution in [3.63, 3.8) is 0 Å². The lowest BCUT2D eigenvalue weighted by atomic mass is 10.2. The molecule has 0 aliphatic rings. The van der Waals surface area contributed by atoms with Crippen molar-refractivity contribution in [3.05, 3.63) is 77.6 Å². The van der Waals surface area contributed by atoms with Gasteiger partial charge in [-0.15, -0.1) is 12.4 Å². The van der Waals surface area contributed by atoms with Crippen molar-refractivity contribution in [1.82, 2.24) is 9.55 Å². The van der Waals surface area contributed by atoms with Crippen LogP contribution >= 0.6 is 24.0 Å². The minimum atomic E-state index is -4.62. The molecule has 6 nitrogen and oxygen atoms in total. The summed E-state index contributed by atoms with van der Waals surface area (Å²) in [6, 6.07) is 14.8. The van der Waals surface area contributed by atoms with Crippen LogP contribution in [-0.4, -0.2) is 15.6 Å². The van der Waals surface area contributed by atoms with Gasteiger partial charge in [0.25, 0.3) is 0 Å². The number of anilines is 3. The molecule has 0 fully saturated rings. The first-order chi connectivity index (χ1) is 14.7. The van der Waals surface area contributed by atoms with Gasteiger partial charge in [0.1, 0.15) is 6.33 Å². The smallest absolute Gasteiger partial charge is 0.399 e. The number of nitrogen functional groups attached to an aromatic ring is 1. The average Bonchev–Trinajstić information content (AvgIpc) is 3.12. The van der Waals surface area contributed by atoms with E-state index in [0.29, 0.717) is 11.4 Å². The number of aromatic nitrogens is 2. The maximum atomic E-state index is 13.0. The predicted octanol–water partition coefficient (Wildman–Crippen LogP) is 6.35. The summed E-state index contributed by atoms with van der Waals surface area (Å²) in [5.74, 6) is 0. The maximum absolute atomic E-state index is 13.0. The van der Waals surface area contributed by atoms with Crippen molar-refractivity contribution in [3.8, 4) is 5.69 Å². The largest absolute Gasteiger partial charge is 0.417 e. The second-order valence-corrected chi connectivity index (χ2v) is 7.09. The number of amides is 2. The summed E-state index contributed by atoms with van der Waals surface area (Å²) in [7, 11) is 0. The number of nitrogens with one attached hydrogen (secondary N) is 2. The Bertz CT molecular complexity index is 1270. The maximum Gasteiger partial charge on any atom is 0.417 e. The summed E-state index contributed by atoms with van der Waals surface area (Å²) in [6.45, 7) is 0. The van der Waals surface area contributed by atoms with Crippen molar-refractivity contribution in [2.75, 3.05) is 16.4 Å². The Labute approximate surface area is 191 Å². The minimum Gasteiger partial charge on any atom is -0.399 e. The molecule has 0 aliphatic heterocycles. The number of nitrogens with two attached hydrogens (primary N) is 1. The van der Waals surface area contributed by atoms with Crippen LogP contribution in [0.3, 0.4) is 0 Å². The number of fused-ring (bicyclic) bond motifs is 1. The highest BCUT2D eigenvalue weighted by molar-refractivity contribution is 6.31. The third-order valence-corrected chi connectivity index (χ3v) is 4.83. The molecule has 11 heteroatoms. The molecule has 0 radical (unpaired) electrons. The molecular weight excluding hydrogens is 466 g/mol. The van der Waals surface area contributed by atoms with Crippen molar-refractivity contribution in [2.45, 2.75) is 6.18 Å². The van der Waals surface area contributed by atoms with Crippen LogP contribution in [0.5, 0.6) is 0 Å². The van der Waals surface area contributed by atoms with Crippen LogP contribution < -0.4 is 16.4 Å². The number of carbonyl (C=O) groups excluding carboxylic acids is 1. The Morgan fingerprint density at radius 2 is 1.62 bits per heavy atom. The lowest BCUT2D eigenvalue weighted by Gasteiger charge is -2.12. The summed E-state index contributed by atoms with van der Waals surface area (Å²) in [4.78, 5) is 16.5. The number of carbonyl (C=O) groups is 1. The fraction of sp³-hybridized carbons (Fsp3) is 0.0476. The molecule has 4 aromatic rings. The van der Waals surface area contributed by atoms with Crippen molar-refractivity contribution >= 4 is 58.1 Å². The van der Waals surface area contributed by atoms with E-state index >= 15 is 0 Å². The lowest BCUT2D eigenvalue weighted by molar-refractivity contribution is -0.137. The summed E-state index contributed by atoms with van der Waals surface area (Å²) in [6.07, 6.45) is -2.96. The van der Waals surface area contributed by atoms with Crippen LogP contribution in [0.4, 0.5) is 35.0 Å². The summed E-state index contributed by atoms with van der Waals surface area (Å²) >= 11 is 5.59. The first kappa shape index (κ1) is 23.2. The highest BCUT2D eigenvalue weighted by atomic mass is 35.5. The zero-order chi connectivity index (χ0) is 22.2. The molecule has 0 spiro atoms. The Balaban J connectivity index is 0.00000289. The average molecular weight is 482 g/mol. The number of hydrogen-bond donors (Lipinski definition) is 3. The van der Waals surface area contributed by atoms with Crippen LogP contribution in [0.1, 0.15) is 5.56 Å². The first-order valence-electron chi connectivity index (χ1n) is 8.98. The molecule has 3 aromatic carbocycles. The van der Waals surface area contributed by atoms with E-state index in [4.69, 9.17) is 17.3 Å². The highest BCUT2D eigenvalue weighted by Crippen LogP contribution is 2.36. The van der Waals surface area contributed by atoms with Crippen molar-refractivity contribution < 1.29 is 18.0 Å². The number of rotatable bonds is 3. The van der Waals surface area contributed by atoms with Crippen LogP contribution in [0, 0.1) is 0 Å². The standard InChI is InChI=1S/C21H15ClF3N5O.ClH/c22-17-7-4-14(10-16(17)21(23,24)25)29-20(31)28-13-2-5-15(6-3-13)30-11-27-18-9-12(26)1-8-19(18)30;/h1-11H,26H2,(H2,28,29,31);1H. The summed E-state index contributed by atoms with van der Waals surface area (Å²) < 4.78 is 40.7. The van der Waals surface area contributed by atoms with Gasteiger partial charge in [-0.1, -0.05) is 11.6 Å². The van der Waals surface area contributed by atoms with E-state index in [2.05, 4.69) is 15.6 Å². The molecule has 1 aromatic heterocycles. The Hall–Kier alpha value is -3.43. The number of benzene rings is 3. The van der Waals surface area contributed by atoms with Gasteiger partial charge in [-0.2, -0.15) is 13.2 Å². The van der Waals surface area contributed by atoms with Gasteiger partial charge in [0.2, 0.25) is 0 Å². The molecule has 166 valence electrons. The molecule has 0 atom stereocenters. The molecule has 32 heavy (non-hydrogen) atoms. The molecule has 4 N–H and O–H groups in total. The first-order valence-corrected chi connectivity index (χ1v) is 9.36. The molecule has 2 amide bonds. The monoisotopic (exact) mass is 481 g/mol. The Morgan fingerprint density at radius 1 is 0.969 bits per heavy atom. The number of alkyl halides is 3. The van der Waals surface area contributed by atoms with Crippen molar-refractivity contribution in [1.29, 1.82) is 0 Å². The zero-order valence-corrected chi connectivity index (χ0v) is 17.7. The molecule has 4 rings (SSSR count). The van der Waals surface area contributed by atoms with Crippen LogP contribution in [-0.2, 0) is 6.18 Å². The summed E-state index contributed by atoms with van der Waals surface area (Å²) in [5, 5.41) is 4.50. The number of hydrogen-bond acceptors (Lipinski definition) is 3. The normalized spacial score (nSPS) is 11.1. The van der Waals surface area contributed by atoms with E-state index in [-0.39, 0.29) is 18.1 Å². The number of imidazole rings is 1. The quantitative estimate of drug-likeness (QED) is 0.298. The van der Waals surface area contributed by atoms with Gasteiger partial charge < -0.3 is 16.4 Å². The van der Waals surface area contributed by atoms with E-state index in [1.54, 1.807) is 42.7 Å². The third-order valence-electron chi connectivity index (χ3n) is 4.50. The van der Waals surface area contributed by atoms with E-state index in [1.165, 1.54) is 6.07 Å². The number of halogens is 5. The number of nitrogens with zero attached hydrogens (tertiary/aromatic N) is 2. The van der Waals surface area contributed by atoms with Crippen LogP contribution in [0.25, 0.3) is 16.7 Å². The molecule has 0 aliphatic carbocycles. The predicted molar refractivity (Wildman–Crippen MR) is 122 cm³/mol. The minimum absolute atomic E-state index is 0. The van der Waals surface area contributed by atoms with Gasteiger partial charge in [0.15, 0.2) is 0 Å². The van der Waals surface area contributed by atoms with E-state index in [1.807, 2.05) is 10.6 Å². The Kier molecular flexibility index (Phi) is 6.52. The zero-order valence-electron chi connectivity index (χ0n) is 16.2. The van der Waals surface area contributed by atoms with Gasteiger partial charge in [0.05, 0.1) is 21.6 Å². The van der Waals surface area contributed by atoms with Gasteiger partial charge in [0, 0.05) is 22.7 Å². The molecule has 0 saturated carbocycles. The van der Waals surface area contributed by atoms with E-state index in [0.717, 1.165) is 28.9 Å². The molecule has 0 saturated heterocycles. The second-order valence-electron chi connectivity index (χ2n) is 6.68. The third kappa shape index (κ3) is 4.90. The Morgan fingerprint density at radius 3 is 2.31 bits per heavy atom. The molecule has 0 unspecified atom stereocenters. The van der Waals surface area contributed by atoms with Crippen molar-refractivity contribution in [2.24, 2.45) is 0 Å². The second kappa shape index (κ2) is 8.97. The van der Waals surface area contributed by atoms with E-state index in [9.17, 15) is 18.0 Å². The van der Waals surface area contributed by atoms with Gasteiger partial charge in [-0.3, -0.25) is 4.57 Å². The van der Waals surface area contributed by atoms with Crippen LogP contribution in [0.2, 0.25) is 5.02 Å². The van der Waals surface area contributed by atoms with Gasteiger partial charge >= 0.3 is 12.2 Å². The van der Waals surface area contributed by atoms with Gasteiger partial charge in [-0.25, -0.2) is 9.78 Å².